The van der Waals surface area contributed by atoms with E-state index in [0.29, 0.717) is 6.54 Å². The number of rotatable bonds is 4. The topological polar surface area (TPSA) is 58.3 Å². The van der Waals surface area contributed by atoms with Gasteiger partial charge in [0.05, 0.1) is 6.54 Å². The van der Waals surface area contributed by atoms with E-state index in [1.807, 2.05) is 7.05 Å². The number of likely N-dealkylation sites (tertiary alicyclic amines) is 1. The SMILES string of the molecule is CN=C(NCc1nnc2n1CCCC2)N1CCC(Cc2ccccc2)CC1.I. The molecule has 1 aromatic heterocycles. The second kappa shape index (κ2) is 10.2. The van der Waals surface area contributed by atoms with Gasteiger partial charge < -0.3 is 14.8 Å². The summed E-state index contributed by atoms with van der Waals surface area (Å²) >= 11 is 0. The number of nitrogens with zero attached hydrogens (tertiary/aromatic N) is 5. The van der Waals surface area contributed by atoms with Gasteiger partial charge in [-0.2, -0.15) is 0 Å². The van der Waals surface area contributed by atoms with Crippen molar-refractivity contribution >= 4 is 29.9 Å². The maximum atomic E-state index is 4.51. The van der Waals surface area contributed by atoms with E-state index in [2.05, 4.69) is 60.3 Å². The molecule has 2 aliphatic heterocycles. The number of halogens is 1. The van der Waals surface area contributed by atoms with Crippen LogP contribution in [-0.2, 0) is 25.9 Å². The molecule has 4 rings (SSSR count). The molecule has 1 saturated heterocycles. The van der Waals surface area contributed by atoms with Crippen LogP contribution in [0.4, 0.5) is 0 Å². The minimum atomic E-state index is 0. The third-order valence-electron chi connectivity index (χ3n) is 5.83. The highest BCUT2D eigenvalue weighted by molar-refractivity contribution is 14.0. The summed E-state index contributed by atoms with van der Waals surface area (Å²) in [4.78, 5) is 6.89. The van der Waals surface area contributed by atoms with Crippen LogP contribution in [0.15, 0.2) is 35.3 Å². The fraction of sp³-hybridized carbons (Fsp3) is 0.571. The van der Waals surface area contributed by atoms with Gasteiger partial charge in [-0.1, -0.05) is 30.3 Å². The highest BCUT2D eigenvalue weighted by Gasteiger charge is 2.22. The molecule has 0 radical (unpaired) electrons. The molecule has 0 unspecified atom stereocenters. The molecular weight excluding hydrogens is 463 g/mol. The molecule has 0 amide bonds. The van der Waals surface area contributed by atoms with Gasteiger partial charge in [0.1, 0.15) is 5.82 Å². The van der Waals surface area contributed by atoms with Gasteiger partial charge in [0.25, 0.3) is 0 Å². The van der Waals surface area contributed by atoms with Crippen LogP contribution in [-0.4, -0.2) is 45.8 Å². The van der Waals surface area contributed by atoms with Gasteiger partial charge in [0.2, 0.25) is 0 Å². The standard InChI is InChI=1S/C21H30N6.HI/c1-22-21(23-16-20-25-24-19-9-5-6-12-27(19)20)26-13-10-18(11-14-26)15-17-7-3-2-4-8-17;/h2-4,7-8,18H,5-6,9-16H2,1H3,(H,22,23);1H. The molecule has 0 spiro atoms. The Morgan fingerprint density at radius 1 is 1.11 bits per heavy atom. The van der Waals surface area contributed by atoms with E-state index < -0.39 is 0 Å². The van der Waals surface area contributed by atoms with Crippen molar-refractivity contribution in [1.82, 2.24) is 25.0 Å². The summed E-state index contributed by atoms with van der Waals surface area (Å²) < 4.78 is 2.27. The lowest BCUT2D eigenvalue weighted by atomic mass is 9.90. The molecule has 6 nitrogen and oxygen atoms in total. The summed E-state index contributed by atoms with van der Waals surface area (Å²) in [6.45, 7) is 3.87. The maximum Gasteiger partial charge on any atom is 0.194 e. The van der Waals surface area contributed by atoms with Crippen LogP contribution in [0, 0.1) is 5.92 Å². The summed E-state index contributed by atoms with van der Waals surface area (Å²) in [5, 5.41) is 12.2. The van der Waals surface area contributed by atoms with Crippen LogP contribution < -0.4 is 5.32 Å². The van der Waals surface area contributed by atoms with Gasteiger partial charge in [-0.15, -0.1) is 34.2 Å². The third kappa shape index (κ3) is 5.04. The van der Waals surface area contributed by atoms with E-state index >= 15 is 0 Å². The normalized spacial score (nSPS) is 17.8. The molecule has 152 valence electrons. The first-order chi connectivity index (χ1) is 13.3. The van der Waals surface area contributed by atoms with Crippen molar-refractivity contribution in [3.63, 3.8) is 0 Å². The van der Waals surface area contributed by atoms with E-state index in [1.54, 1.807) is 0 Å². The highest BCUT2D eigenvalue weighted by atomic mass is 127. The average Bonchev–Trinajstić information content (AvgIpc) is 3.14. The number of piperidine rings is 1. The van der Waals surface area contributed by atoms with Gasteiger partial charge in [-0.05, 0) is 43.6 Å². The second-order valence-corrected chi connectivity index (χ2v) is 7.66. The quantitative estimate of drug-likeness (QED) is 0.403. The van der Waals surface area contributed by atoms with Crippen LogP contribution in [0.25, 0.3) is 0 Å². The van der Waals surface area contributed by atoms with Gasteiger partial charge in [0.15, 0.2) is 11.8 Å². The molecule has 0 bridgehead atoms. The smallest absolute Gasteiger partial charge is 0.194 e. The zero-order valence-corrected chi connectivity index (χ0v) is 19.0. The van der Waals surface area contributed by atoms with Crippen molar-refractivity contribution in [2.45, 2.75) is 51.6 Å². The molecule has 7 heteroatoms. The highest BCUT2D eigenvalue weighted by Crippen LogP contribution is 2.22. The summed E-state index contributed by atoms with van der Waals surface area (Å²) in [5.74, 6) is 3.92. The van der Waals surface area contributed by atoms with Crippen molar-refractivity contribution in [3.8, 4) is 0 Å². The van der Waals surface area contributed by atoms with E-state index in [9.17, 15) is 0 Å². The molecule has 1 aromatic carbocycles. The lowest BCUT2D eigenvalue weighted by Gasteiger charge is -2.34. The molecule has 2 aromatic rings. The largest absolute Gasteiger partial charge is 0.349 e. The number of guanidine groups is 1. The molecule has 2 aliphatic rings. The Balaban J connectivity index is 0.00000225. The number of nitrogens with one attached hydrogen (secondary N) is 1. The zero-order chi connectivity index (χ0) is 18.5. The predicted molar refractivity (Wildman–Crippen MR) is 123 cm³/mol. The number of aliphatic imine (C=N–C) groups is 1. The van der Waals surface area contributed by atoms with Crippen LogP contribution in [0.1, 0.15) is 42.9 Å². The number of aryl methyl sites for hydroxylation is 1. The van der Waals surface area contributed by atoms with Gasteiger partial charge in [-0.3, -0.25) is 4.99 Å². The Kier molecular flexibility index (Phi) is 7.70. The summed E-state index contributed by atoms with van der Waals surface area (Å²) in [6.07, 6.45) is 7.13. The second-order valence-electron chi connectivity index (χ2n) is 7.66. The summed E-state index contributed by atoms with van der Waals surface area (Å²) in [6, 6.07) is 10.9. The molecule has 0 aliphatic carbocycles. The Labute approximate surface area is 184 Å². The fourth-order valence-corrected chi connectivity index (χ4v) is 4.29. The monoisotopic (exact) mass is 494 g/mol. The van der Waals surface area contributed by atoms with Gasteiger partial charge in [-0.25, -0.2) is 0 Å². The van der Waals surface area contributed by atoms with Gasteiger partial charge in [0, 0.05) is 33.1 Å². The lowest BCUT2D eigenvalue weighted by molar-refractivity contribution is 0.258. The van der Waals surface area contributed by atoms with Gasteiger partial charge >= 0.3 is 0 Å². The first-order valence-electron chi connectivity index (χ1n) is 10.2. The number of aromatic nitrogens is 3. The molecular formula is C21H31IN6. The van der Waals surface area contributed by atoms with Crippen LogP contribution in [0.3, 0.4) is 0 Å². The molecule has 0 saturated carbocycles. The number of hydrogen-bond acceptors (Lipinski definition) is 3. The molecule has 1 N–H and O–H groups in total. The Bertz CT molecular complexity index is 764. The number of fused-ring (bicyclic) bond motifs is 1. The zero-order valence-electron chi connectivity index (χ0n) is 16.7. The van der Waals surface area contributed by atoms with Crippen molar-refractivity contribution < 1.29 is 0 Å². The van der Waals surface area contributed by atoms with E-state index in [1.165, 1.54) is 37.7 Å². The first-order valence-corrected chi connectivity index (χ1v) is 10.2. The number of hydrogen-bond donors (Lipinski definition) is 1. The van der Waals surface area contributed by atoms with Crippen LogP contribution in [0.2, 0.25) is 0 Å². The average molecular weight is 494 g/mol. The summed E-state index contributed by atoms with van der Waals surface area (Å²) in [7, 11) is 1.87. The van der Waals surface area contributed by atoms with Crippen molar-refractivity contribution in [1.29, 1.82) is 0 Å². The minimum absolute atomic E-state index is 0. The van der Waals surface area contributed by atoms with Crippen LogP contribution >= 0.6 is 24.0 Å². The molecule has 1 fully saturated rings. The minimum Gasteiger partial charge on any atom is -0.349 e. The van der Waals surface area contributed by atoms with E-state index in [-0.39, 0.29) is 24.0 Å². The van der Waals surface area contributed by atoms with E-state index in [4.69, 9.17) is 0 Å². The van der Waals surface area contributed by atoms with E-state index in [0.717, 1.165) is 49.6 Å². The maximum absolute atomic E-state index is 4.51. The van der Waals surface area contributed by atoms with Crippen molar-refractivity contribution in [2.24, 2.45) is 10.9 Å². The molecule has 3 heterocycles. The van der Waals surface area contributed by atoms with Crippen molar-refractivity contribution in [3.05, 3.63) is 47.5 Å². The van der Waals surface area contributed by atoms with Crippen molar-refractivity contribution in [2.75, 3.05) is 20.1 Å². The fourth-order valence-electron chi connectivity index (χ4n) is 4.29. The first kappa shape index (κ1) is 21.1. The van der Waals surface area contributed by atoms with Crippen LogP contribution in [0.5, 0.6) is 0 Å². The molecule has 28 heavy (non-hydrogen) atoms. The Morgan fingerprint density at radius 3 is 2.64 bits per heavy atom. The molecule has 0 atom stereocenters. The summed E-state index contributed by atoms with van der Waals surface area (Å²) in [5.41, 5.74) is 1.45. The Morgan fingerprint density at radius 2 is 1.89 bits per heavy atom. The third-order valence-corrected chi connectivity index (χ3v) is 5.83. The number of benzene rings is 1. The lowest BCUT2D eigenvalue weighted by Crippen LogP contribution is -2.45. The Hall–Kier alpha value is -1.64. The predicted octanol–water partition coefficient (Wildman–Crippen LogP) is 3.26.